The first-order chi connectivity index (χ1) is 7.69. The molecule has 84 valence electrons. The van der Waals surface area contributed by atoms with Crippen LogP contribution < -0.4 is 4.90 Å². The van der Waals surface area contributed by atoms with Gasteiger partial charge < -0.3 is 4.90 Å². The second-order valence-electron chi connectivity index (χ2n) is 3.59. The van der Waals surface area contributed by atoms with Gasteiger partial charge in [0.05, 0.1) is 12.5 Å². The molecule has 1 rings (SSSR count). The Kier molecular flexibility index (Phi) is 4.53. The van der Waals surface area contributed by atoms with Crippen LogP contribution in [-0.2, 0) is 0 Å². The van der Waals surface area contributed by atoms with Crippen molar-refractivity contribution in [2.75, 3.05) is 18.0 Å². The molecule has 0 aliphatic rings. The van der Waals surface area contributed by atoms with Gasteiger partial charge in [-0.05, 0) is 38.1 Å². The normalized spacial score (nSPS) is 9.56. The van der Waals surface area contributed by atoms with Gasteiger partial charge in [-0.15, -0.1) is 0 Å². The van der Waals surface area contributed by atoms with E-state index in [0.717, 1.165) is 24.3 Å². The molecule has 0 heterocycles. The van der Waals surface area contributed by atoms with Crippen LogP contribution >= 0.6 is 0 Å². The number of carbonyl (C=O) groups is 1. The summed E-state index contributed by atoms with van der Waals surface area (Å²) in [6.07, 6.45) is 0.516. The molecular formula is C13H16N2O. The fourth-order valence-corrected chi connectivity index (χ4v) is 1.56. The number of hydrogen-bond donors (Lipinski definition) is 0. The molecule has 0 aliphatic carbocycles. The molecule has 0 spiro atoms. The molecule has 16 heavy (non-hydrogen) atoms. The number of rotatable bonds is 5. The highest BCUT2D eigenvalue weighted by atomic mass is 16.1. The zero-order valence-corrected chi connectivity index (χ0v) is 9.73. The number of benzene rings is 1. The SMILES string of the molecule is CCN(CCC#N)c1ccc(C(C)=O)cc1. The van der Waals surface area contributed by atoms with E-state index in [9.17, 15) is 4.79 Å². The van der Waals surface area contributed by atoms with Gasteiger partial charge in [0.25, 0.3) is 0 Å². The lowest BCUT2D eigenvalue weighted by Gasteiger charge is -2.21. The summed E-state index contributed by atoms with van der Waals surface area (Å²) in [7, 11) is 0. The van der Waals surface area contributed by atoms with Crippen LogP contribution in [0.3, 0.4) is 0 Å². The summed E-state index contributed by atoms with van der Waals surface area (Å²) in [4.78, 5) is 13.2. The van der Waals surface area contributed by atoms with E-state index in [-0.39, 0.29) is 5.78 Å². The number of nitrogens with zero attached hydrogens (tertiary/aromatic N) is 2. The Bertz CT molecular complexity index is 389. The lowest BCUT2D eigenvalue weighted by molar-refractivity contribution is 0.101. The van der Waals surface area contributed by atoms with E-state index in [1.54, 1.807) is 6.92 Å². The number of nitriles is 1. The highest BCUT2D eigenvalue weighted by Gasteiger charge is 2.04. The molecule has 0 aromatic heterocycles. The molecule has 0 aliphatic heterocycles. The van der Waals surface area contributed by atoms with Gasteiger partial charge in [-0.25, -0.2) is 0 Å². The van der Waals surface area contributed by atoms with Gasteiger partial charge >= 0.3 is 0 Å². The molecule has 0 amide bonds. The van der Waals surface area contributed by atoms with Crippen molar-refractivity contribution in [2.45, 2.75) is 20.3 Å². The number of ketones is 1. The van der Waals surface area contributed by atoms with Crippen molar-refractivity contribution in [3.63, 3.8) is 0 Å². The van der Waals surface area contributed by atoms with Crippen molar-refractivity contribution >= 4 is 11.5 Å². The molecule has 0 N–H and O–H groups in total. The summed E-state index contributed by atoms with van der Waals surface area (Å²) in [5, 5.41) is 8.55. The van der Waals surface area contributed by atoms with Gasteiger partial charge in [0.15, 0.2) is 5.78 Å². The monoisotopic (exact) mass is 216 g/mol. The first-order valence-electron chi connectivity index (χ1n) is 5.42. The molecule has 3 heteroatoms. The average molecular weight is 216 g/mol. The summed E-state index contributed by atoms with van der Waals surface area (Å²) in [6.45, 7) is 5.20. The van der Waals surface area contributed by atoms with Crippen LogP contribution in [0.15, 0.2) is 24.3 Å². The summed E-state index contributed by atoms with van der Waals surface area (Å²) in [5.74, 6) is 0.0756. The number of Topliss-reactive ketones (excluding diaryl/α,β-unsaturated/α-hetero) is 1. The fourth-order valence-electron chi connectivity index (χ4n) is 1.56. The van der Waals surface area contributed by atoms with Gasteiger partial charge in [0.2, 0.25) is 0 Å². The standard InChI is InChI=1S/C13H16N2O/c1-3-15(10-4-9-14)13-7-5-12(6-8-13)11(2)16/h5-8H,3-4,10H2,1-2H3. The van der Waals surface area contributed by atoms with Gasteiger partial charge in [-0.3, -0.25) is 4.79 Å². The van der Waals surface area contributed by atoms with E-state index in [1.165, 1.54) is 0 Å². The molecular weight excluding hydrogens is 200 g/mol. The molecule has 0 atom stereocenters. The third-order valence-electron chi connectivity index (χ3n) is 2.51. The topological polar surface area (TPSA) is 44.1 Å². The van der Waals surface area contributed by atoms with Crippen LogP contribution in [0.2, 0.25) is 0 Å². The molecule has 1 aromatic rings. The Morgan fingerprint density at radius 3 is 2.44 bits per heavy atom. The Morgan fingerprint density at radius 1 is 1.38 bits per heavy atom. The smallest absolute Gasteiger partial charge is 0.159 e. The summed E-state index contributed by atoms with van der Waals surface area (Å²) < 4.78 is 0. The highest BCUT2D eigenvalue weighted by molar-refractivity contribution is 5.94. The quantitative estimate of drug-likeness (QED) is 0.711. The van der Waals surface area contributed by atoms with Crippen molar-refractivity contribution in [1.82, 2.24) is 0 Å². The van der Waals surface area contributed by atoms with Crippen LogP contribution in [-0.4, -0.2) is 18.9 Å². The molecule has 0 unspecified atom stereocenters. The minimum atomic E-state index is 0.0756. The van der Waals surface area contributed by atoms with E-state index in [2.05, 4.69) is 17.9 Å². The second kappa shape index (κ2) is 5.92. The predicted molar refractivity (Wildman–Crippen MR) is 64.6 cm³/mol. The Morgan fingerprint density at radius 2 is 2.00 bits per heavy atom. The van der Waals surface area contributed by atoms with Gasteiger partial charge in [0, 0.05) is 24.3 Å². The Balaban J connectivity index is 2.78. The summed E-state index contributed by atoms with van der Waals surface area (Å²) in [5.41, 5.74) is 1.78. The van der Waals surface area contributed by atoms with Crippen LogP contribution in [0.4, 0.5) is 5.69 Å². The number of anilines is 1. The predicted octanol–water partition coefficient (Wildman–Crippen LogP) is 2.63. The number of hydrogen-bond acceptors (Lipinski definition) is 3. The third kappa shape index (κ3) is 3.09. The van der Waals surface area contributed by atoms with Crippen LogP contribution in [0.5, 0.6) is 0 Å². The van der Waals surface area contributed by atoms with Crippen molar-refractivity contribution in [3.05, 3.63) is 29.8 Å². The molecule has 0 fully saturated rings. The maximum absolute atomic E-state index is 11.1. The van der Waals surface area contributed by atoms with Crippen molar-refractivity contribution in [2.24, 2.45) is 0 Å². The summed E-state index contributed by atoms with van der Waals surface area (Å²) in [6, 6.07) is 9.64. The van der Waals surface area contributed by atoms with Crippen molar-refractivity contribution in [1.29, 1.82) is 5.26 Å². The summed E-state index contributed by atoms with van der Waals surface area (Å²) >= 11 is 0. The molecule has 0 bridgehead atoms. The van der Waals surface area contributed by atoms with Crippen LogP contribution in [0.25, 0.3) is 0 Å². The lowest BCUT2D eigenvalue weighted by atomic mass is 10.1. The largest absolute Gasteiger partial charge is 0.371 e. The minimum absolute atomic E-state index is 0.0756. The Labute approximate surface area is 96.3 Å². The number of carbonyl (C=O) groups excluding carboxylic acids is 1. The first kappa shape index (κ1) is 12.3. The van der Waals surface area contributed by atoms with E-state index >= 15 is 0 Å². The lowest BCUT2D eigenvalue weighted by Crippen LogP contribution is -2.23. The van der Waals surface area contributed by atoms with Crippen molar-refractivity contribution in [3.8, 4) is 6.07 Å². The van der Waals surface area contributed by atoms with Crippen LogP contribution in [0.1, 0.15) is 30.6 Å². The fraction of sp³-hybridized carbons (Fsp3) is 0.385. The van der Waals surface area contributed by atoms with E-state index in [0.29, 0.717) is 6.42 Å². The third-order valence-corrected chi connectivity index (χ3v) is 2.51. The van der Waals surface area contributed by atoms with Crippen LogP contribution in [0, 0.1) is 11.3 Å². The zero-order chi connectivity index (χ0) is 12.0. The van der Waals surface area contributed by atoms with Gasteiger partial charge in [-0.2, -0.15) is 5.26 Å². The molecule has 0 radical (unpaired) electrons. The van der Waals surface area contributed by atoms with Crippen molar-refractivity contribution < 1.29 is 4.79 Å². The molecule has 0 saturated heterocycles. The Hall–Kier alpha value is -1.82. The maximum atomic E-state index is 11.1. The van der Waals surface area contributed by atoms with Gasteiger partial charge in [0.1, 0.15) is 0 Å². The zero-order valence-electron chi connectivity index (χ0n) is 9.73. The highest BCUT2D eigenvalue weighted by Crippen LogP contribution is 2.15. The molecule has 0 saturated carbocycles. The average Bonchev–Trinajstić information content (AvgIpc) is 2.30. The minimum Gasteiger partial charge on any atom is -0.371 e. The maximum Gasteiger partial charge on any atom is 0.159 e. The van der Waals surface area contributed by atoms with E-state index in [1.807, 2.05) is 24.3 Å². The van der Waals surface area contributed by atoms with Gasteiger partial charge in [-0.1, -0.05) is 0 Å². The molecule has 1 aromatic carbocycles. The van der Waals surface area contributed by atoms with E-state index < -0.39 is 0 Å². The first-order valence-corrected chi connectivity index (χ1v) is 5.42. The molecule has 3 nitrogen and oxygen atoms in total. The van der Waals surface area contributed by atoms with E-state index in [4.69, 9.17) is 5.26 Å². The second-order valence-corrected chi connectivity index (χ2v) is 3.59.